The van der Waals surface area contributed by atoms with Crippen LogP contribution in [0.5, 0.6) is 5.75 Å². The fraction of sp³-hybridized carbons (Fsp3) is 0.370. The lowest BCUT2D eigenvalue weighted by molar-refractivity contribution is -0.137. The van der Waals surface area contributed by atoms with Gasteiger partial charge in [0.15, 0.2) is 0 Å². The molecule has 8 nitrogen and oxygen atoms in total. The lowest BCUT2D eigenvalue weighted by Gasteiger charge is -2.26. The van der Waals surface area contributed by atoms with Crippen LogP contribution in [0.2, 0.25) is 0 Å². The second-order valence-corrected chi connectivity index (χ2v) is 8.89. The van der Waals surface area contributed by atoms with Gasteiger partial charge in [0.05, 0.1) is 54.1 Å². The van der Waals surface area contributed by atoms with E-state index in [2.05, 4.69) is 21.4 Å². The number of carbonyl (C=O) groups is 1. The minimum atomic E-state index is -4.44. The first-order chi connectivity index (χ1) is 18.3. The van der Waals surface area contributed by atoms with E-state index in [1.165, 1.54) is 29.1 Å². The molecule has 1 N–H and O–H groups in total. The Morgan fingerprint density at radius 2 is 1.89 bits per heavy atom. The fourth-order valence-electron chi connectivity index (χ4n) is 4.15. The maximum atomic E-state index is 12.9. The van der Waals surface area contributed by atoms with Gasteiger partial charge in [0.2, 0.25) is 0 Å². The van der Waals surface area contributed by atoms with Gasteiger partial charge in [0.1, 0.15) is 11.8 Å². The van der Waals surface area contributed by atoms with Gasteiger partial charge in [0, 0.05) is 18.8 Å². The number of alkyl halides is 3. The van der Waals surface area contributed by atoms with Crippen molar-refractivity contribution in [1.82, 2.24) is 14.7 Å². The van der Waals surface area contributed by atoms with Gasteiger partial charge in [-0.25, -0.2) is 4.68 Å². The molecule has 0 radical (unpaired) electrons. The van der Waals surface area contributed by atoms with Gasteiger partial charge >= 0.3 is 6.18 Å². The number of hydrogen-bond acceptors (Lipinski definition) is 6. The Balaban J connectivity index is 1.34. The molecule has 11 heteroatoms. The summed E-state index contributed by atoms with van der Waals surface area (Å²) in [7, 11) is 0. The summed E-state index contributed by atoms with van der Waals surface area (Å²) in [5, 5.41) is 16.5. The first-order valence-corrected chi connectivity index (χ1v) is 12.3. The van der Waals surface area contributed by atoms with Crippen LogP contribution in [0.3, 0.4) is 0 Å². The van der Waals surface area contributed by atoms with E-state index in [4.69, 9.17) is 9.47 Å². The Hall–Kier alpha value is -3.88. The molecule has 2 aromatic carbocycles. The third-order valence-electron chi connectivity index (χ3n) is 6.28. The number of halogens is 3. The zero-order valence-electron chi connectivity index (χ0n) is 20.9. The molecule has 0 atom stereocenters. The van der Waals surface area contributed by atoms with Gasteiger partial charge in [0.25, 0.3) is 5.91 Å². The summed E-state index contributed by atoms with van der Waals surface area (Å²) >= 11 is 0. The Labute approximate surface area is 218 Å². The van der Waals surface area contributed by atoms with Crippen molar-refractivity contribution >= 4 is 11.6 Å². The summed E-state index contributed by atoms with van der Waals surface area (Å²) in [5.41, 5.74) is 1.05. The molecule has 1 aliphatic rings. The van der Waals surface area contributed by atoms with Gasteiger partial charge in [-0.3, -0.25) is 9.69 Å². The Morgan fingerprint density at radius 3 is 2.58 bits per heavy atom. The van der Waals surface area contributed by atoms with Crippen molar-refractivity contribution in [3.05, 3.63) is 71.0 Å². The first kappa shape index (κ1) is 27.2. The van der Waals surface area contributed by atoms with Gasteiger partial charge in [-0.2, -0.15) is 23.5 Å². The van der Waals surface area contributed by atoms with Gasteiger partial charge in [-0.1, -0.05) is 0 Å². The van der Waals surface area contributed by atoms with E-state index in [9.17, 15) is 23.2 Å². The van der Waals surface area contributed by atoms with Crippen molar-refractivity contribution in [2.45, 2.75) is 25.9 Å². The van der Waals surface area contributed by atoms with Crippen LogP contribution < -0.4 is 10.1 Å². The Kier molecular flexibility index (Phi) is 8.66. The third kappa shape index (κ3) is 6.70. The normalized spacial score (nSPS) is 14.2. The van der Waals surface area contributed by atoms with E-state index < -0.39 is 17.6 Å². The number of carbonyl (C=O) groups excluding carboxylic acids is 1. The molecule has 4 rings (SSSR count). The average Bonchev–Trinajstić information content (AvgIpc) is 3.30. The van der Waals surface area contributed by atoms with Crippen molar-refractivity contribution in [1.29, 1.82) is 5.26 Å². The molecular weight excluding hydrogens is 499 g/mol. The number of benzene rings is 2. The Bertz CT molecular complexity index is 1290. The van der Waals surface area contributed by atoms with Crippen LogP contribution in [0.25, 0.3) is 5.69 Å². The predicted octanol–water partition coefficient (Wildman–Crippen LogP) is 4.81. The topological polar surface area (TPSA) is 92.4 Å². The molecule has 1 aromatic heterocycles. The van der Waals surface area contributed by atoms with Crippen LogP contribution in [-0.4, -0.2) is 60.0 Å². The minimum Gasteiger partial charge on any atom is -0.492 e. The first-order valence-electron chi connectivity index (χ1n) is 12.3. The van der Waals surface area contributed by atoms with Gasteiger partial charge < -0.3 is 14.8 Å². The summed E-state index contributed by atoms with van der Waals surface area (Å²) in [4.78, 5) is 15.2. The van der Waals surface area contributed by atoms with E-state index in [-0.39, 0.29) is 5.56 Å². The van der Waals surface area contributed by atoms with E-state index in [1.54, 1.807) is 19.1 Å². The largest absolute Gasteiger partial charge is 0.492 e. The second kappa shape index (κ2) is 12.1. The van der Waals surface area contributed by atoms with Crippen LogP contribution in [0, 0.1) is 18.3 Å². The summed E-state index contributed by atoms with van der Waals surface area (Å²) in [6.45, 7) is 6.54. The number of hydrogen-bond donors (Lipinski definition) is 1. The highest BCUT2D eigenvalue weighted by Gasteiger charge is 2.30. The van der Waals surface area contributed by atoms with Gasteiger partial charge in [-0.05, 0) is 68.8 Å². The maximum Gasteiger partial charge on any atom is 0.416 e. The highest BCUT2D eigenvalue weighted by Crippen LogP contribution is 2.30. The quantitative estimate of drug-likeness (QED) is 0.402. The molecule has 1 amide bonds. The van der Waals surface area contributed by atoms with Crippen LogP contribution in [-0.2, 0) is 10.9 Å². The zero-order chi connectivity index (χ0) is 27.1. The molecule has 0 bridgehead atoms. The standard InChI is InChI=1S/C27H28F3N5O3/c1-19-24(18-32-35(19)23-7-4-21(5-8-23)27(28,29)30)26(36)33-22-6-9-25(20(16-22)17-31)38-13-3-2-10-34-11-14-37-15-12-34/h4-9,16,18H,2-3,10-15H2,1H3,(H,33,36). The number of anilines is 1. The van der Waals surface area contributed by atoms with Crippen LogP contribution in [0.1, 0.15) is 40.0 Å². The minimum absolute atomic E-state index is 0.254. The maximum absolute atomic E-state index is 12.9. The van der Waals surface area contributed by atoms with Crippen molar-refractivity contribution in [3.63, 3.8) is 0 Å². The highest BCUT2D eigenvalue weighted by atomic mass is 19.4. The number of nitriles is 1. The van der Waals surface area contributed by atoms with Crippen molar-refractivity contribution < 1.29 is 27.4 Å². The molecule has 0 spiro atoms. The fourth-order valence-corrected chi connectivity index (χ4v) is 4.15. The smallest absolute Gasteiger partial charge is 0.416 e. The molecule has 1 aliphatic heterocycles. The molecule has 0 unspecified atom stereocenters. The number of aromatic nitrogens is 2. The molecule has 200 valence electrons. The summed E-state index contributed by atoms with van der Waals surface area (Å²) in [6, 6.07) is 11.5. The van der Waals surface area contributed by atoms with Crippen molar-refractivity contribution in [2.24, 2.45) is 0 Å². The van der Waals surface area contributed by atoms with E-state index >= 15 is 0 Å². The molecule has 0 saturated carbocycles. The molecule has 38 heavy (non-hydrogen) atoms. The molecular formula is C27H28F3N5O3. The van der Waals surface area contributed by atoms with E-state index in [0.29, 0.717) is 35.0 Å². The molecule has 3 aromatic rings. The monoisotopic (exact) mass is 527 g/mol. The number of ether oxygens (including phenoxy) is 2. The summed E-state index contributed by atoms with van der Waals surface area (Å²) in [6.07, 6.45) is -1.25. The lowest BCUT2D eigenvalue weighted by Crippen LogP contribution is -2.36. The zero-order valence-corrected chi connectivity index (χ0v) is 20.9. The Morgan fingerprint density at radius 1 is 1.16 bits per heavy atom. The number of nitrogens with one attached hydrogen (secondary N) is 1. The molecule has 1 fully saturated rings. The predicted molar refractivity (Wildman–Crippen MR) is 134 cm³/mol. The second-order valence-electron chi connectivity index (χ2n) is 8.89. The number of unbranched alkanes of at least 4 members (excludes halogenated alkanes) is 1. The summed E-state index contributed by atoms with van der Waals surface area (Å²) in [5.74, 6) is -0.00971. The van der Waals surface area contributed by atoms with Crippen LogP contribution in [0.15, 0.2) is 48.7 Å². The molecule has 0 aliphatic carbocycles. The van der Waals surface area contributed by atoms with Crippen molar-refractivity contribution in [2.75, 3.05) is 44.8 Å². The average molecular weight is 528 g/mol. The number of rotatable bonds is 9. The number of morpholine rings is 1. The lowest BCUT2D eigenvalue weighted by atomic mass is 10.1. The van der Waals surface area contributed by atoms with E-state index in [0.717, 1.165) is 57.8 Å². The summed E-state index contributed by atoms with van der Waals surface area (Å²) < 4.78 is 51.1. The number of nitrogens with zero attached hydrogens (tertiary/aromatic N) is 4. The van der Waals surface area contributed by atoms with E-state index in [1.807, 2.05) is 0 Å². The number of amides is 1. The molecule has 2 heterocycles. The highest BCUT2D eigenvalue weighted by molar-refractivity contribution is 6.05. The van der Waals surface area contributed by atoms with Crippen LogP contribution in [0.4, 0.5) is 18.9 Å². The van der Waals surface area contributed by atoms with Crippen molar-refractivity contribution in [3.8, 4) is 17.5 Å². The molecule has 1 saturated heterocycles. The third-order valence-corrected chi connectivity index (χ3v) is 6.28. The SMILES string of the molecule is Cc1c(C(=O)Nc2ccc(OCCCCN3CCOCC3)c(C#N)c2)cnn1-c1ccc(C(F)(F)F)cc1. The van der Waals surface area contributed by atoms with Crippen LogP contribution >= 0.6 is 0 Å². The van der Waals surface area contributed by atoms with Gasteiger partial charge in [-0.15, -0.1) is 0 Å².